The van der Waals surface area contributed by atoms with Gasteiger partial charge in [-0.3, -0.25) is 4.79 Å². The fourth-order valence-corrected chi connectivity index (χ4v) is 2.35. The van der Waals surface area contributed by atoms with Crippen LogP contribution in [-0.2, 0) is 9.53 Å². The Hall–Kier alpha value is -0.870. The third-order valence-corrected chi connectivity index (χ3v) is 3.70. The molecule has 2 rings (SSSR count). The third-order valence-electron chi connectivity index (χ3n) is 3.18. The number of hydrogen-bond donors (Lipinski definition) is 1. The topological polar surface area (TPSA) is 38.3 Å². The molecule has 0 heterocycles. The smallest absolute Gasteiger partial charge is 0.223 e. The van der Waals surface area contributed by atoms with Gasteiger partial charge in [0.05, 0.1) is 6.61 Å². The van der Waals surface area contributed by atoms with Crippen LogP contribution in [0.25, 0.3) is 0 Å². The average molecular weight is 312 g/mol. The van der Waals surface area contributed by atoms with E-state index in [9.17, 15) is 4.79 Å². The lowest BCUT2D eigenvalue weighted by Crippen LogP contribution is -2.28. The summed E-state index contributed by atoms with van der Waals surface area (Å²) in [7, 11) is 0. The molecule has 0 aromatic heterocycles. The molecule has 4 heteroatoms. The van der Waals surface area contributed by atoms with E-state index in [1.807, 2.05) is 19.1 Å². The van der Waals surface area contributed by atoms with E-state index in [0.717, 1.165) is 10.9 Å². The highest BCUT2D eigenvalue weighted by Gasteiger charge is 2.43. The van der Waals surface area contributed by atoms with Crippen molar-refractivity contribution in [1.29, 1.82) is 0 Å². The molecule has 2 atom stereocenters. The fraction of sp³-hybridized carbons (Fsp3) is 0.500. The zero-order valence-corrected chi connectivity index (χ0v) is 12.1. The number of carbonyl (C=O) groups excluding carboxylic acids is 1. The molecule has 0 bridgehead atoms. The summed E-state index contributed by atoms with van der Waals surface area (Å²) in [5, 5.41) is 2.92. The van der Waals surface area contributed by atoms with Gasteiger partial charge in [-0.05, 0) is 37.0 Å². The van der Waals surface area contributed by atoms with E-state index in [2.05, 4.69) is 33.4 Å². The molecule has 3 nitrogen and oxygen atoms in total. The van der Waals surface area contributed by atoms with E-state index < -0.39 is 0 Å². The minimum atomic E-state index is 0.146. The number of hydrogen-bond acceptors (Lipinski definition) is 2. The number of benzene rings is 1. The Balaban J connectivity index is 1.76. The molecule has 1 aromatic carbocycles. The largest absolute Gasteiger partial charge is 0.380 e. The Bertz CT molecular complexity index is 405. The zero-order chi connectivity index (χ0) is 13.0. The highest BCUT2D eigenvalue weighted by atomic mass is 79.9. The molecule has 18 heavy (non-hydrogen) atoms. The lowest BCUT2D eigenvalue weighted by atomic mass is 10.1. The normalized spacial score (nSPS) is 21.7. The number of nitrogens with one attached hydrogen (secondary N) is 1. The second kappa shape index (κ2) is 6.34. The van der Waals surface area contributed by atoms with Gasteiger partial charge in [0.25, 0.3) is 0 Å². The van der Waals surface area contributed by atoms with E-state index in [1.165, 1.54) is 5.56 Å². The summed E-state index contributed by atoms with van der Waals surface area (Å²) >= 11 is 3.41. The van der Waals surface area contributed by atoms with Crippen LogP contribution in [0.2, 0.25) is 0 Å². The van der Waals surface area contributed by atoms with Gasteiger partial charge < -0.3 is 10.1 Å². The van der Waals surface area contributed by atoms with Crippen LogP contribution in [0.5, 0.6) is 0 Å². The Morgan fingerprint density at radius 3 is 2.83 bits per heavy atom. The summed E-state index contributed by atoms with van der Waals surface area (Å²) in [4.78, 5) is 11.8. The van der Waals surface area contributed by atoms with Crippen molar-refractivity contribution in [2.24, 2.45) is 5.92 Å². The Morgan fingerprint density at radius 2 is 2.17 bits per heavy atom. The van der Waals surface area contributed by atoms with Gasteiger partial charge >= 0.3 is 0 Å². The van der Waals surface area contributed by atoms with E-state index in [4.69, 9.17) is 4.74 Å². The minimum Gasteiger partial charge on any atom is -0.380 e. The Kier molecular flexibility index (Phi) is 4.78. The standard InChI is InChI=1S/C14H18BrNO2/c1-2-18-8-7-16-14(17)13-9-12(13)10-3-5-11(15)6-4-10/h3-6,12-13H,2,7-9H2,1H3,(H,16,17)/t12-,13-/m1/s1. The van der Waals surface area contributed by atoms with Crippen LogP contribution in [0.1, 0.15) is 24.8 Å². The van der Waals surface area contributed by atoms with Gasteiger partial charge in [0.15, 0.2) is 0 Å². The molecule has 0 aliphatic heterocycles. The van der Waals surface area contributed by atoms with Gasteiger partial charge in [-0.25, -0.2) is 0 Å². The molecule has 98 valence electrons. The molecule has 1 aliphatic rings. The van der Waals surface area contributed by atoms with Crippen LogP contribution in [0.4, 0.5) is 0 Å². The first kappa shape index (κ1) is 13.6. The van der Waals surface area contributed by atoms with Crippen molar-refractivity contribution in [2.45, 2.75) is 19.3 Å². The quantitative estimate of drug-likeness (QED) is 0.820. The Labute approximate surface area is 116 Å². The summed E-state index contributed by atoms with van der Waals surface area (Å²) < 4.78 is 6.26. The van der Waals surface area contributed by atoms with Crippen LogP contribution in [-0.4, -0.2) is 25.7 Å². The monoisotopic (exact) mass is 311 g/mol. The number of carbonyl (C=O) groups is 1. The van der Waals surface area contributed by atoms with E-state index in [0.29, 0.717) is 25.7 Å². The molecule has 1 N–H and O–H groups in total. The summed E-state index contributed by atoms with van der Waals surface area (Å²) in [6, 6.07) is 8.22. The van der Waals surface area contributed by atoms with E-state index >= 15 is 0 Å². The SMILES string of the molecule is CCOCCNC(=O)[C@@H]1C[C@@H]1c1ccc(Br)cc1. The van der Waals surface area contributed by atoms with Crippen LogP contribution in [0, 0.1) is 5.92 Å². The van der Waals surface area contributed by atoms with Gasteiger partial charge in [-0.1, -0.05) is 28.1 Å². The van der Waals surface area contributed by atoms with Gasteiger partial charge in [-0.2, -0.15) is 0 Å². The summed E-state index contributed by atoms with van der Waals surface area (Å²) in [5.74, 6) is 0.695. The lowest BCUT2D eigenvalue weighted by molar-refractivity contribution is -0.122. The Morgan fingerprint density at radius 1 is 1.44 bits per heavy atom. The van der Waals surface area contributed by atoms with Crippen molar-refractivity contribution in [1.82, 2.24) is 5.32 Å². The summed E-state index contributed by atoms with van der Waals surface area (Å²) in [6.45, 7) is 3.85. The second-order valence-corrected chi connectivity index (χ2v) is 5.40. The first-order chi connectivity index (χ1) is 8.72. The highest BCUT2D eigenvalue weighted by molar-refractivity contribution is 9.10. The maximum Gasteiger partial charge on any atom is 0.223 e. The fourth-order valence-electron chi connectivity index (χ4n) is 2.08. The van der Waals surface area contributed by atoms with Crippen molar-refractivity contribution in [3.05, 3.63) is 34.3 Å². The van der Waals surface area contributed by atoms with Crippen LogP contribution < -0.4 is 5.32 Å². The van der Waals surface area contributed by atoms with Crippen molar-refractivity contribution < 1.29 is 9.53 Å². The summed E-state index contributed by atoms with van der Waals surface area (Å²) in [5.41, 5.74) is 1.25. The first-order valence-electron chi connectivity index (χ1n) is 6.33. The zero-order valence-electron chi connectivity index (χ0n) is 10.5. The third kappa shape index (κ3) is 3.56. The minimum absolute atomic E-state index is 0.146. The van der Waals surface area contributed by atoms with Crippen molar-refractivity contribution in [3.8, 4) is 0 Å². The van der Waals surface area contributed by atoms with E-state index in [-0.39, 0.29) is 11.8 Å². The van der Waals surface area contributed by atoms with Crippen molar-refractivity contribution in [3.63, 3.8) is 0 Å². The number of halogens is 1. The predicted molar refractivity (Wildman–Crippen MR) is 74.5 cm³/mol. The van der Waals surface area contributed by atoms with Gasteiger partial charge in [0.2, 0.25) is 5.91 Å². The molecule has 1 aliphatic carbocycles. The van der Waals surface area contributed by atoms with E-state index in [1.54, 1.807) is 0 Å². The molecule has 0 radical (unpaired) electrons. The molecule has 0 spiro atoms. The maximum atomic E-state index is 11.8. The molecular formula is C14H18BrNO2. The lowest BCUT2D eigenvalue weighted by Gasteiger charge is -2.05. The number of ether oxygens (including phenoxy) is 1. The maximum absolute atomic E-state index is 11.8. The van der Waals surface area contributed by atoms with Crippen LogP contribution in [0.3, 0.4) is 0 Å². The predicted octanol–water partition coefficient (Wildman–Crippen LogP) is 2.71. The summed E-state index contributed by atoms with van der Waals surface area (Å²) in [6.07, 6.45) is 0.960. The molecular weight excluding hydrogens is 294 g/mol. The molecule has 1 aromatic rings. The molecule has 0 unspecified atom stereocenters. The van der Waals surface area contributed by atoms with Gasteiger partial charge in [0.1, 0.15) is 0 Å². The molecule has 1 saturated carbocycles. The average Bonchev–Trinajstić information content (AvgIpc) is 3.15. The highest BCUT2D eigenvalue weighted by Crippen LogP contribution is 2.47. The number of rotatable bonds is 6. The van der Waals surface area contributed by atoms with Crippen molar-refractivity contribution in [2.75, 3.05) is 19.8 Å². The molecule has 1 amide bonds. The first-order valence-corrected chi connectivity index (χ1v) is 7.12. The molecule has 1 fully saturated rings. The van der Waals surface area contributed by atoms with Crippen LogP contribution in [0.15, 0.2) is 28.7 Å². The molecule has 0 saturated heterocycles. The number of amides is 1. The van der Waals surface area contributed by atoms with Gasteiger partial charge in [-0.15, -0.1) is 0 Å². The van der Waals surface area contributed by atoms with Gasteiger partial charge in [0, 0.05) is 23.5 Å². The second-order valence-electron chi connectivity index (χ2n) is 4.49. The van der Waals surface area contributed by atoms with Crippen LogP contribution >= 0.6 is 15.9 Å². The van der Waals surface area contributed by atoms with Crippen molar-refractivity contribution >= 4 is 21.8 Å².